The lowest BCUT2D eigenvalue weighted by Gasteiger charge is -2.28. The van der Waals surface area contributed by atoms with E-state index in [1.54, 1.807) is 0 Å². The molecule has 16 heavy (non-hydrogen) atoms. The largest absolute Gasteiger partial charge is 0.354 e. The molecule has 0 aromatic rings. The number of nitrogens with zero attached hydrogens (tertiary/aromatic N) is 1. The van der Waals surface area contributed by atoms with Crippen molar-refractivity contribution in [3.63, 3.8) is 0 Å². The van der Waals surface area contributed by atoms with Gasteiger partial charge in [-0.1, -0.05) is 0 Å². The first-order chi connectivity index (χ1) is 7.69. The standard InChI is InChI=1S/C12H15NO3/c14-10-1-2-11(15)13(10)8-16-12-5-3-9(7-12)4-6-12/h1-2,9H,3-8H2. The van der Waals surface area contributed by atoms with Crippen LogP contribution in [0.4, 0.5) is 0 Å². The maximum absolute atomic E-state index is 11.3. The molecule has 0 N–H and O–H groups in total. The summed E-state index contributed by atoms with van der Waals surface area (Å²) in [5.41, 5.74) is -0.0339. The predicted octanol–water partition coefficient (Wildman–Crippen LogP) is 1.22. The second-order valence-corrected chi connectivity index (χ2v) is 5.04. The van der Waals surface area contributed by atoms with Crippen LogP contribution in [0.25, 0.3) is 0 Å². The molecule has 86 valence electrons. The van der Waals surface area contributed by atoms with Gasteiger partial charge in [-0.15, -0.1) is 0 Å². The number of hydrogen-bond donors (Lipinski definition) is 0. The van der Waals surface area contributed by atoms with Gasteiger partial charge in [0.05, 0.1) is 5.60 Å². The zero-order valence-electron chi connectivity index (χ0n) is 9.15. The van der Waals surface area contributed by atoms with E-state index >= 15 is 0 Å². The highest BCUT2D eigenvalue weighted by Crippen LogP contribution is 2.49. The van der Waals surface area contributed by atoms with E-state index in [9.17, 15) is 9.59 Å². The lowest BCUT2D eigenvalue weighted by atomic mass is 9.97. The first-order valence-corrected chi connectivity index (χ1v) is 5.86. The number of imide groups is 1. The number of rotatable bonds is 3. The Morgan fingerprint density at radius 1 is 1.25 bits per heavy atom. The van der Waals surface area contributed by atoms with E-state index in [0.29, 0.717) is 0 Å². The number of amides is 2. The van der Waals surface area contributed by atoms with Crippen molar-refractivity contribution in [2.75, 3.05) is 6.73 Å². The van der Waals surface area contributed by atoms with Gasteiger partial charge in [-0.2, -0.15) is 0 Å². The third kappa shape index (κ3) is 1.48. The van der Waals surface area contributed by atoms with Crippen molar-refractivity contribution in [3.8, 4) is 0 Å². The van der Waals surface area contributed by atoms with Crippen molar-refractivity contribution in [1.82, 2.24) is 4.90 Å². The van der Waals surface area contributed by atoms with E-state index in [-0.39, 0.29) is 24.1 Å². The second kappa shape index (κ2) is 3.42. The maximum atomic E-state index is 11.3. The second-order valence-electron chi connectivity index (χ2n) is 5.04. The van der Waals surface area contributed by atoms with Crippen molar-refractivity contribution in [2.24, 2.45) is 5.92 Å². The van der Waals surface area contributed by atoms with Crippen LogP contribution in [-0.2, 0) is 14.3 Å². The third-order valence-electron chi connectivity index (χ3n) is 4.08. The Morgan fingerprint density at radius 3 is 2.38 bits per heavy atom. The lowest BCUT2D eigenvalue weighted by Crippen LogP contribution is -2.38. The van der Waals surface area contributed by atoms with Gasteiger partial charge in [-0.05, 0) is 38.0 Å². The molecule has 2 amide bonds. The highest BCUT2D eigenvalue weighted by molar-refractivity contribution is 6.12. The highest BCUT2D eigenvalue weighted by atomic mass is 16.5. The molecule has 0 spiro atoms. The lowest BCUT2D eigenvalue weighted by molar-refractivity contribution is -0.150. The van der Waals surface area contributed by atoms with Gasteiger partial charge in [-0.3, -0.25) is 14.5 Å². The Morgan fingerprint density at radius 2 is 1.88 bits per heavy atom. The zero-order valence-corrected chi connectivity index (χ0v) is 9.15. The number of fused-ring (bicyclic) bond motifs is 2. The molecule has 0 aromatic carbocycles. The van der Waals surface area contributed by atoms with Crippen LogP contribution in [0, 0.1) is 5.92 Å². The van der Waals surface area contributed by atoms with Crippen molar-refractivity contribution in [3.05, 3.63) is 12.2 Å². The molecule has 4 heteroatoms. The van der Waals surface area contributed by atoms with Crippen LogP contribution < -0.4 is 0 Å². The fourth-order valence-electron chi connectivity index (χ4n) is 3.10. The smallest absolute Gasteiger partial charge is 0.255 e. The molecule has 2 saturated carbocycles. The van der Waals surface area contributed by atoms with Gasteiger partial charge in [0.15, 0.2) is 0 Å². The average Bonchev–Trinajstić information content (AvgIpc) is 2.93. The van der Waals surface area contributed by atoms with Crippen LogP contribution >= 0.6 is 0 Å². The fourth-order valence-corrected chi connectivity index (χ4v) is 3.10. The van der Waals surface area contributed by atoms with E-state index in [2.05, 4.69) is 0 Å². The van der Waals surface area contributed by atoms with Crippen LogP contribution in [0.15, 0.2) is 12.2 Å². The monoisotopic (exact) mass is 221 g/mol. The van der Waals surface area contributed by atoms with Crippen molar-refractivity contribution in [2.45, 2.75) is 37.7 Å². The molecule has 0 unspecified atom stereocenters. The van der Waals surface area contributed by atoms with Crippen molar-refractivity contribution >= 4 is 11.8 Å². The molecule has 2 aliphatic carbocycles. The average molecular weight is 221 g/mol. The van der Waals surface area contributed by atoms with Gasteiger partial charge in [0.25, 0.3) is 11.8 Å². The van der Waals surface area contributed by atoms with Crippen LogP contribution in [-0.4, -0.2) is 29.0 Å². The topological polar surface area (TPSA) is 46.6 Å². The summed E-state index contributed by atoms with van der Waals surface area (Å²) >= 11 is 0. The maximum Gasteiger partial charge on any atom is 0.255 e. The first-order valence-electron chi connectivity index (χ1n) is 5.86. The van der Waals surface area contributed by atoms with Gasteiger partial charge < -0.3 is 4.74 Å². The van der Waals surface area contributed by atoms with Gasteiger partial charge in [0.2, 0.25) is 0 Å². The molecule has 0 saturated heterocycles. The minimum Gasteiger partial charge on any atom is -0.354 e. The molecule has 1 aliphatic heterocycles. The molecule has 0 atom stereocenters. The van der Waals surface area contributed by atoms with E-state index in [0.717, 1.165) is 25.2 Å². The third-order valence-corrected chi connectivity index (χ3v) is 4.08. The minimum absolute atomic E-state index is 0.0339. The summed E-state index contributed by atoms with van der Waals surface area (Å²) in [4.78, 5) is 23.8. The van der Waals surface area contributed by atoms with Crippen LogP contribution in [0.5, 0.6) is 0 Å². The number of ether oxygens (including phenoxy) is 1. The van der Waals surface area contributed by atoms with Crippen molar-refractivity contribution < 1.29 is 14.3 Å². The van der Waals surface area contributed by atoms with E-state index in [4.69, 9.17) is 4.74 Å². The normalized spacial score (nSPS) is 36.8. The molecule has 0 aromatic heterocycles. The van der Waals surface area contributed by atoms with Crippen LogP contribution in [0.1, 0.15) is 32.1 Å². The summed E-state index contributed by atoms with van der Waals surface area (Å²) in [6.45, 7) is 0.122. The van der Waals surface area contributed by atoms with Gasteiger partial charge in [0, 0.05) is 12.2 Å². The quantitative estimate of drug-likeness (QED) is 0.673. The molecule has 1 heterocycles. The van der Waals surface area contributed by atoms with E-state index in [1.165, 1.54) is 29.9 Å². The Bertz CT molecular complexity index is 348. The number of hydrogen-bond acceptors (Lipinski definition) is 3. The van der Waals surface area contributed by atoms with Crippen LogP contribution in [0.2, 0.25) is 0 Å². The molecular weight excluding hydrogens is 206 g/mol. The highest BCUT2D eigenvalue weighted by Gasteiger charge is 2.46. The number of carbonyl (C=O) groups is 2. The van der Waals surface area contributed by atoms with Gasteiger partial charge >= 0.3 is 0 Å². The van der Waals surface area contributed by atoms with E-state index < -0.39 is 0 Å². The zero-order chi connectivity index (χ0) is 11.2. The molecule has 2 bridgehead atoms. The Kier molecular flexibility index (Phi) is 2.14. The summed E-state index contributed by atoms with van der Waals surface area (Å²) in [7, 11) is 0. The summed E-state index contributed by atoms with van der Waals surface area (Å²) < 4.78 is 5.85. The summed E-state index contributed by atoms with van der Waals surface area (Å²) in [6.07, 6.45) is 8.35. The Labute approximate surface area is 94.2 Å². The van der Waals surface area contributed by atoms with Crippen LogP contribution in [0.3, 0.4) is 0 Å². The minimum atomic E-state index is -0.256. The Hall–Kier alpha value is -1.16. The molecule has 2 fully saturated rings. The molecule has 3 aliphatic rings. The predicted molar refractivity (Wildman–Crippen MR) is 56.3 cm³/mol. The number of carbonyl (C=O) groups excluding carboxylic acids is 2. The summed E-state index contributed by atoms with van der Waals surface area (Å²) in [6, 6.07) is 0. The molecule has 3 rings (SSSR count). The van der Waals surface area contributed by atoms with Gasteiger partial charge in [-0.25, -0.2) is 0 Å². The summed E-state index contributed by atoms with van der Waals surface area (Å²) in [5, 5.41) is 0. The SMILES string of the molecule is O=C1C=CC(=O)N1COC12CCC(CC1)C2. The Balaban J connectivity index is 1.61. The van der Waals surface area contributed by atoms with E-state index in [1.807, 2.05) is 0 Å². The molecular formula is C12H15NO3. The molecule has 0 radical (unpaired) electrons. The summed E-state index contributed by atoms with van der Waals surface area (Å²) in [5.74, 6) is 0.297. The molecule has 4 nitrogen and oxygen atoms in total. The first kappa shape index (κ1) is 10.0. The fraction of sp³-hybridized carbons (Fsp3) is 0.667. The van der Waals surface area contributed by atoms with Gasteiger partial charge in [0.1, 0.15) is 6.73 Å². The van der Waals surface area contributed by atoms with Crippen molar-refractivity contribution in [1.29, 1.82) is 0 Å².